The molecule has 2 aromatic rings. The first-order valence-corrected chi connectivity index (χ1v) is 6.61. The summed E-state index contributed by atoms with van der Waals surface area (Å²) in [6.45, 7) is 1.54. The van der Waals surface area contributed by atoms with Crippen LogP contribution in [0.25, 0.3) is 0 Å². The van der Waals surface area contributed by atoms with Gasteiger partial charge in [0.05, 0.1) is 6.20 Å². The molecule has 2 rings (SSSR count). The van der Waals surface area contributed by atoms with Crippen molar-refractivity contribution >= 4 is 0 Å². The molecule has 1 heterocycles. The van der Waals surface area contributed by atoms with Crippen molar-refractivity contribution in [3.05, 3.63) is 53.9 Å². The average molecular weight is 258 g/mol. The molecule has 0 fully saturated rings. The number of aryl methyl sites for hydroxylation is 1. The van der Waals surface area contributed by atoms with Crippen LogP contribution in [0.2, 0.25) is 0 Å². The fourth-order valence-electron chi connectivity index (χ4n) is 2.28. The number of likely N-dealkylation sites (N-methyl/N-ethyl adjacent to an activating group) is 1. The maximum Gasteiger partial charge on any atom is 0.0534 e. The predicted molar refractivity (Wildman–Crippen MR) is 77.7 cm³/mol. The van der Waals surface area contributed by atoms with E-state index in [9.17, 15) is 0 Å². The molecule has 0 saturated carbocycles. The maximum atomic E-state index is 5.92. The second kappa shape index (κ2) is 6.50. The summed E-state index contributed by atoms with van der Waals surface area (Å²) < 4.78 is 1.83. The maximum absolute atomic E-state index is 5.92. The summed E-state index contributed by atoms with van der Waals surface area (Å²) in [5, 5.41) is 4.20. The van der Waals surface area contributed by atoms with Crippen molar-refractivity contribution in [3.63, 3.8) is 0 Å². The van der Waals surface area contributed by atoms with Crippen molar-refractivity contribution in [2.75, 3.05) is 13.6 Å². The molecule has 102 valence electrons. The Hall–Kier alpha value is -1.65. The van der Waals surface area contributed by atoms with Gasteiger partial charge in [0.25, 0.3) is 0 Å². The minimum absolute atomic E-state index is 0.350. The zero-order chi connectivity index (χ0) is 13.7. The summed E-state index contributed by atoms with van der Waals surface area (Å²) in [6.07, 6.45) is 4.94. The highest BCUT2D eigenvalue weighted by Crippen LogP contribution is 2.10. The Bertz CT molecular complexity index is 492. The fraction of sp³-hybridized carbons (Fsp3) is 0.400. The Morgan fingerprint density at radius 1 is 1.26 bits per heavy atom. The van der Waals surface area contributed by atoms with E-state index in [1.54, 1.807) is 0 Å². The number of nitrogens with two attached hydrogens (primary N) is 1. The molecule has 1 aromatic carbocycles. The molecule has 2 N–H and O–H groups in total. The van der Waals surface area contributed by atoms with Gasteiger partial charge in [-0.25, -0.2) is 0 Å². The molecular weight excluding hydrogens is 236 g/mol. The van der Waals surface area contributed by atoms with Gasteiger partial charge in [-0.3, -0.25) is 9.58 Å². The number of nitrogens with zero attached hydrogens (tertiary/aromatic N) is 3. The fourth-order valence-corrected chi connectivity index (χ4v) is 2.28. The number of aromatic nitrogens is 2. The SMILES string of the molecule is CN(Cc1cnn(C)c1)C(CN)Cc1ccccc1. The summed E-state index contributed by atoms with van der Waals surface area (Å²) >= 11 is 0. The number of rotatable bonds is 6. The monoisotopic (exact) mass is 258 g/mol. The van der Waals surface area contributed by atoms with Crippen LogP contribution in [-0.2, 0) is 20.0 Å². The lowest BCUT2D eigenvalue weighted by atomic mass is 10.0. The summed E-state index contributed by atoms with van der Waals surface area (Å²) in [7, 11) is 4.06. The minimum atomic E-state index is 0.350. The van der Waals surface area contributed by atoms with Crippen molar-refractivity contribution in [1.82, 2.24) is 14.7 Å². The molecule has 0 aliphatic rings. The van der Waals surface area contributed by atoms with Crippen LogP contribution in [0.4, 0.5) is 0 Å². The predicted octanol–water partition coefficient (Wildman–Crippen LogP) is 1.42. The molecule has 4 nitrogen and oxygen atoms in total. The van der Waals surface area contributed by atoms with E-state index in [0.717, 1.165) is 13.0 Å². The Kier molecular flexibility index (Phi) is 4.71. The van der Waals surface area contributed by atoms with Gasteiger partial charge in [-0.1, -0.05) is 30.3 Å². The highest BCUT2D eigenvalue weighted by atomic mass is 15.2. The van der Waals surface area contributed by atoms with Crippen LogP contribution in [0.5, 0.6) is 0 Å². The molecule has 0 bridgehead atoms. The number of benzene rings is 1. The van der Waals surface area contributed by atoms with Gasteiger partial charge >= 0.3 is 0 Å². The minimum Gasteiger partial charge on any atom is -0.329 e. The van der Waals surface area contributed by atoms with Crippen LogP contribution < -0.4 is 5.73 Å². The molecule has 4 heteroatoms. The summed E-state index contributed by atoms with van der Waals surface area (Å²) in [5.41, 5.74) is 8.47. The smallest absolute Gasteiger partial charge is 0.0534 e. The van der Waals surface area contributed by atoms with E-state index in [-0.39, 0.29) is 0 Å². The standard InChI is InChI=1S/C15H22N4/c1-18(11-14-10-17-19(2)12-14)15(9-16)8-13-6-4-3-5-7-13/h3-7,10,12,15H,8-9,11,16H2,1-2H3. The van der Waals surface area contributed by atoms with Gasteiger partial charge < -0.3 is 5.73 Å². The third kappa shape index (κ3) is 3.91. The van der Waals surface area contributed by atoms with E-state index in [4.69, 9.17) is 5.73 Å². The average Bonchev–Trinajstić information content (AvgIpc) is 2.82. The van der Waals surface area contributed by atoms with Crippen LogP contribution in [0.3, 0.4) is 0 Å². The Balaban J connectivity index is 1.97. The number of hydrogen-bond acceptors (Lipinski definition) is 3. The van der Waals surface area contributed by atoms with Gasteiger partial charge in [-0.2, -0.15) is 5.10 Å². The molecule has 0 aliphatic carbocycles. The third-order valence-corrected chi connectivity index (χ3v) is 3.40. The van der Waals surface area contributed by atoms with Crippen molar-refractivity contribution in [2.45, 2.75) is 19.0 Å². The Morgan fingerprint density at radius 3 is 2.58 bits per heavy atom. The molecule has 1 aromatic heterocycles. The first-order valence-electron chi connectivity index (χ1n) is 6.61. The molecule has 0 spiro atoms. The first-order chi connectivity index (χ1) is 9.19. The van der Waals surface area contributed by atoms with Crippen molar-refractivity contribution < 1.29 is 0 Å². The van der Waals surface area contributed by atoms with E-state index in [0.29, 0.717) is 12.6 Å². The lowest BCUT2D eigenvalue weighted by Gasteiger charge is -2.26. The molecule has 19 heavy (non-hydrogen) atoms. The molecular formula is C15H22N4. The van der Waals surface area contributed by atoms with Gasteiger partial charge in [0.2, 0.25) is 0 Å². The van der Waals surface area contributed by atoms with Crippen LogP contribution in [-0.4, -0.2) is 34.3 Å². The molecule has 0 saturated heterocycles. The van der Waals surface area contributed by atoms with E-state index in [1.165, 1.54) is 11.1 Å². The normalized spacial score (nSPS) is 12.8. The number of hydrogen-bond donors (Lipinski definition) is 1. The van der Waals surface area contributed by atoms with Gasteiger partial charge in [0.15, 0.2) is 0 Å². The molecule has 0 aliphatic heterocycles. The van der Waals surface area contributed by atoms with Crippen LogP contribution >= 0.6 is 0 Å². The highest BCUT2D eigenvalue weighted by molar-refractivity contribution is 5.16. The lowest BCUT2D eigenvalue weighted by Crippen LogP contribution is -2.39. The van der Waals surface area contributed by atoms with Crippen molar-refractivity contribution in [3.8, 4) is 0 Å². The molecule has 1 atom stereocenters. The van der Waals surface area contributed by atoms with Gasteiger partial charge in [-0.15, -0.1) is 0 Å². The quantitative estimate of drug-likeness (QED) is 0.852. The van der Waals surface area contributed by atoms with Crippen LogP contribution in [0, 0.1) is 0 Å². The zero-order valence-corrected chi connectivity index (χ0v) is 11.7. The van der Waals surface area contributed by atoms with E-state index in [1.807, 2.05) is 30.2 Å². The van der Waals surface area contributed by atoms with E-state index < -0.39 is 0 Å². The van der Waals surface area contributed by atoms with E-state index in [2.05, 4.69) is 41.3 Å². The van der Waals surface area contributed by atoms with Crippen LogP contribution in [0.1, 0.15) is 11.1 Å². The zero-order valence-electron chi connectivity index (χ0n) is 11.7. The summed E-state index contributed by atoms with van der Waals surface area (Å²) in [5.74, 6) is 0. The van der Waals surface area contributed by atoms with Gasteiger partial charge in [0.1, 0.15) is 0 Å². The topological polar surface area (TPSA) is 47.1 Å². The van der Waals surface area contributed by atoms with Crippen molar-refractivity contribution in [2.24, 2.45) is 12.8 Å². The first kappa shape index (κ1) is 13.8. The second-order valence-corrected chi connectivity index (χ2v) is 5.02. The van der Waals surface area contributed by atoms with E-state index >= 15 is 0 Å². The Morgan fingerprint density at radius 2 is 2.00 bits per heavy atom. The summed E-state index contributed by atoms with van der Waals surface area (Å²) in [6, 6.07) is 10.8. The van der Waals surface area contributed by atoms with Crippen LogP contribution in [0.15, 0.2) is 42.7 Å². The molecule has 0 radical (unpaired) electrons. The van der Waals surface area contributed by atoms with Gasteiger partial charge in [0, 0.05) is 37.9 Å². The third-order valence-electron chi connectivity index (χ3n) is 3.40. The largest absolute Gasteiger partial charge is 0.329 e. The lowest BCUT2D eigenvalue weighted by molar-refractivity contribution is 0.237. The summed E-state index contributed by atoms with van der Waals surface area (Å²) in [4.78, 5) is 2.30. The Labute approximate surface area is 114 Å². The molecule has 0 amide bonds. The van der Waals surface area contributed by atoms with Gasteiger partial charge in [-0.05, 0) is 19.0 Å². The van der Waals surface area contributed by atoms with Crippen molar-refractivity contribution in [1.29, 1.82) is 0 Å². The highest BCUT2D eigenvalue weighted by Gasteiger charge is 2.14. The molecule has 1 unspecified atom stereocenters. The second-order valence-electron chi connectivity index (χ2n) is 5.02.